The molecule has 0 unspecified atom stereocenters. The second-order valence-electron chi connectivity index (χ2n) is 4.62. The van der Waals surface area contributed by atoms with Gasteiger partial charge in [-0.25, -0.2) is 4.79 Å². The Kier molecular flexibility index (Phi) is 6.19. The summed E-state index contributed by atoms with van der Waals surface area (Å²) in [5, 5.41) is 19.9. The van der Waals surface area contributed by atoms with E-state index >= 15 is 0 Å². The highest BCUT2D eigenvalue weighted by atomic mass is 16.4. The van der Waals surface area contributed by atoms with Crippen molar-refractivity contribution in [3.63, 3.8) is 0 Å². The van der Waals surface area contributed by atoms with E-state index in [0.29, 0.717) is 26.2 Å². The molecule has 0 spiro atoms. The van der Waals surface area contributed by atoms with Crippen LogP contribution in [0.15, 0.2) is 0 Å². The van der Waals surface area contributed by atoms with Crippen molar-refractivity contribution in [1.82, 2.24) is 15.1 Å². The van der Waals surface area contributed by atoms with Crippen LogP contribution in [0.4, 0.5) is 4.79 Å². The summed E-state index contributed by atoms with van der Waals surface area (Å²) in [7, 11) is 0. The molecule has 1 rings (SSSR count). The van der Waals surface area contributed by atoms with Crippen molar-refractivity contribution in [2.45, 2.75) is 12.5 Å². The number of nitrogens with zero attached hydrogens (tertiary/aromatic N) is 2. The van der Waals surface area contributed by atoms with Crippen LogP contribution in [0, 0.1) is 0 Å². The number of nitrogens with two attached hydrogens (primary N) is 1. The number of amides is 2. The summed E-state index contributed by atoms with van der Waals surface area (Å²) < 4.78 is 0. The lowest BCUT2D eigenvalue weighted by Gasteiger charge is -2.33. The fourth-order valence-corrected chi connectivity index (χ4v) is 1.87. The van der Waals surface area contributed by atoms with Crippen LogP contribution in [0.1, 0.15) is 6.42 Å². The van der Waals surface area contributed by atoms with E-state index in [1.54, 1.807) is 9.80 Å². The molecule has 9 heteroatoms. The van der Waals surface area contributed by atoms with Crippen molar-refractivity contribution in [2.24, 2.45) is 5.73 Å². The lowest BCUT2D eigenvalue weighted by Crippen LogP contribution is -2.53. The van der Waals surface area contributed by atoms with Gasteiger partial charge in [0.2, 0.25) is 0 Å². The normalized spacial score (nSPS) is 17.6. The highest BCUT2D eigenvalue weighted by Gasteiger charge is 2.22. The number of hydrogen-bond donors (Lipinski definition) is 4. The zero-order valence-corrected chi connectivity index (χ0v) is 11.1. The Hall–Kier alpha value is -1.87. The Bertz CT molecular complexity index is 368. The maximum Gasteiger partial charge on any atom is 0.320 e. The van der Waals surface area contributed by atoms with E-state index in [0.717, 1.165) is 0 Å². The van der Waals surface area contributed by atoms with Crippen LogP contribution >= 0.6 is 0 Å². The summed E-state index contributed by atoms with van der Waals surface area (Å²) in [6.45, 7) is 2.08. The van der Waals surface area contributed by atoms with Crippen LogP contribution in [0.2, 0.25) is 0 Å². The number of carbonyl (C=O) groups excluding carboxylic acids is 1. The number of carboxylic acids is 2. The van der Waals surface area contributed by atoms with Gasteiger partial charge in [0, 0.05) is 32.7 Å². The molecule has 0 bridgehead atoms. The van der Waals surface area contributed by atoms with E-state index < -0.39 is 18.0 Å². The van der Waals surface area contributed by atoms with Gasteiger partial charge < -0.3 is 26.2 Å². The Morgan fingerprint density at radius 2 is 1.75 bits per heavy atom. The first-order valence-corrected chi connectivity index (χ1v) is 6.35. The average molecular weight is 288 g/mol. The van der Waals surface area contributed by atoms with Crippen molar-refractivity contribution in [2.75, 3.05) is 39.3 Å². The van der Waals surface area contributed by atoms with Gasteiger partial charge in [0.15, 0.2) is 0 Å². The zero-order valence-electron chi connectivity index (χ0n) is 11.1. The van der Waals surface area contributed by atoms with Gasteiger partial charge in [-0.15, -0.1) is 0 Å². The number of carboxylic acid groups (broad SMARTS) is 2. The molecular weight excluding hydrogens is 268 g/mol. The smallest absolute Gasteiger partial charge is 0.320 e. The molecule has 114 valence electrons. The maximum absolute atomic E-state index is 11.8. The van der Waals surface area contributed by atoms with Crippen LogP contribution < -0.4 is 11.1 Å². The molecule has 5 N–H and O–H groups in total. The van der Waals surface area contributed by atoms with Crippen molar-refractivity contribution in [3.05, 3.63) is 0 Å². The molecule has 0 saturated carbocycles. The SMILES string of the molecule is N[C@@H](CCNC(=O)N1CCN(CC(=O)O)CC1)C(=O)O. The van der Waals surface area contributed by atoms with Crippen LogP contribution in [0.3, 0.4) is 0 Å². The molecule has 0 aromatic carbocycles. The predicted octanol–water partition coefficient (Wildman–Crippen LogP) is -1.80. The molecule has 2 amide bonds. The van der Waals surface area contributed by atoms with Crippen LogP contribution in [0.5, 0.6) is 0 Å². The summed E-state index contributed by atoms with van der Waals surface area (Å²) in [5.41, 5.74) is 5.32. The van der Waals surface area contributed by atoms with Crippen LogP contribution in [-0.4, -0.2) is 83.3 Å². The van der Waals surface area contributed by atoms with Crippen molar-refractivity contribution in [3.8, 4) is 0 Å². The minimum Gasteiger partial charge on any atom is -0.480 e. The molecule has 0 aromatic rings. The monoisotopic (exact) mass is 288 g/mol. The van der Waals surface area contributed by atoms with E-state index in [1.807, 2.05) is 0 Å². The number of hydrogen-bond acceptors (Lipinski definition) is 5. The summed E-state index contributed by atoms with van der Waals surface area (Å²) in [6, 6.07) is -1.26. The molecule has 1 aliphatic rings. The number of nitrogens with one attached hydrogen (secondary N) is 1. The number of carbonyl (C=O) groups is 3. The van der Waals surface area contributed by atoms with E-state index in [-0.39, 0.29) is 25.5 Å². The summed E-state index contributed by atoms with van der Waals surface area (Å²) in [4.78, 5) is 36.1. The fourth-order valence-electron chi connectivity index (χ4n) is 1.87. The second-order valence-corrected chi connectivity index (χ2v) is 4.62. The Morgan fingerprint density at radius 3 is 2.25 bits per heavy atom. The zero-order chi connectivity index (χ0) is 15.1. The summed E-state index contributed by atoms with van der Waals surface area (Å²) >= 11 is 0. The molecule has 20 heavy (non-hydrogen) atoms. The molecule has 0 radical (unpaired) electrons. The van der Waals surface area contributed by atoms with Gasteiger partial charge in [-0.3, -0.25) is 14.5 Å². The topological polar surface area (TPSA) is 136 Å². The Morgan fingerprint density at radius 1 is 1.15 bits per heavy atom. The third-order valence-electron chi connectivity index (χ3n) is 3.07. The van der Waals surface area contributed by atoms with Crippen molar-refractivity contribution < 1.29 is 24.6 Å². The van der Waals surface area contributed by atoms with Crippen molar-refractivity contribution in [1.29, 1.82) is 0 Å². The van der Waals surface area contributed by atoms with E-state index in [2.05, 4.69) is 5.32 Å². The second kappa shape index (κ2) is 7.65. The van der Waals surface area contributed by atoms with Gasteiger partial charge in [0.05, 0.1) is 6.54 Å². The lowest BCUT2D eigenvalue weighted by atomic mass is 10.2. The number of urea groups is 1. The molecule has 1 atom stereocenters. The molecule has 1 aliphatic heterocycles. The van der Waals surface area contributed by atoms with E-state index in [9.17, 15) is 14.4 Å². The van der Waals surface area contributed by atoms with E-state index in [4.69, 9.17) is 15.9 Å². The van der Waals surface area contributed by atoms with Gasteiger partial charge >= 0.3 is 18.0 Å². The van der Waals surface area contributed by atoms with Gasteiger partial charge in [-0.05, 0) is 6.42 Å². The highest BCUT2D eigenvalue weighted by Crippen LogP contribution is 2.01. The molecule has 1 fully saturated rings. The van der Waals surface area contributed by atoms with Gasteiger partial charge in [0.1, 0.15) is 6.04 Å². The van der Waals surface area contributed by atoms with Gasteiger partial charge in [-0.2, -0.15) is 0 Å². The molecule has 9 nitrogen and oxygen atoms in total. The summed E-state index contributed by atoms with van der Waals surface area (Å²) in [5.74, 6) is -1.98. The molecular formula is C11H20N4O5. The largest absolute Gasteiger partial charge is 0.480 e. The summed E-state index contributed by atoms with van der Waals surface area (Å²) in [6.07, 6.45) is 0.167. The average Bonchev–Trinajstić information content (AvgIpc) is 2.38. The van der Waals surface area contributed by atoms with Gasteiger partial charge in [0.25, 0.3) is 0 Å². The lowest BCUT2D eigenvalue weighted by molar-refractivity contribution is -0.139. The van der Waals surface area contributed by atoms with Gasteiger partial charge in [-0.1, -0.05) is 0 Å². The van der Waals surface area contributed by atoms with Crippen molar-refractivity contribution >= 4 is 18.0 Å². The number of aliphatic carboxylic acids is 2. The number of rotatable bonds is 6. The van der Waals surface area contributed by atoms with Crippen LogP contribution in [-0.2, 0) is 9.59 Å². The fraction of sp³-hybridized carbons (Fsp3) is 0.727. The minimum atomic E-state index is -1.10. The standard InChI is InChI=1S/C11H20N4O5/c12-8(10(18)19)1-2-13-11(20)15-5-3-14(4-6-15)7-9(16)17/h8H,1-7,12H2,(H,13,20)(H,16,17)(H,18,19)/t8-/m0/s1. The first-order chi connectivity index (χ1) is 9.40. The van der Waals surface area contributed by atoms with Crippen LogP contribution in [0.25, 0.3) is 0 Å². The first-order valence-electron chi connectivity index (χ1n) is 6.35. The third-order valence-corrected chi connectivity index (χ3v) is 3.07. The third kappa shape index (κ3) is 5.41. The molecule has 1 heterocycles. The number of piperazine rings is 1. The first kappa shape index (κ1) is 16.2. The molecule has 1 saturated heterocycles. The highest BCUT2D eigenvalue weighted by molar-refractivity contribution is 5.75. The Balaban J connectivity index is 2.22. The predicted molar refractivity (Wildman–Crippen MR) is 69.3 cm³/mol. The quantitative estimate of drug-likeness (QED) is 0.452. The molecule has 0 aliphatic carbocycles. The Labute approximate surface area is 116 Å². The minimum absolute atomic E-state index is 0.0249. The van der Waals surface area contributed by atoms with E-state index in [1.165, 1.54) is 0 Å². The maximum atomic E-state index is 11.8. The molecule has 0 aromatic heterocycles.